The van der Waals surface area contributed by atoms with Crippen molar-refractivity contribution in [2.24, 2.45) is 5.41 Å². The molecular weight excluding hydrogens is 384 g/mol. The second kappa shape index (κ2) is 7.93. The summed E-state index contributed by atoms with van der Waals surface area (Å²) >= 11 is 0. The van der Waals surface area contributed by atoms with Gasteiger partial charge in [-0.1, -0.05) is 12.1 Å². The zero-order valence-electron chi connectivity index (χ0n) is 17.3. The first kappa shape index (κ1) is 20.1. The molecule has 8 heteroatoms. The van der Waals surface area contributed by atoms with Crippen LogP contribution in [0.2, 0.25) is 0 Å². The van der Waals surface area contributed by atoms with Gasteiger partial charge < -0.3 is 14.5 Å². The maximum atomic E-state index is 12.7. The fraction of sp³-hybridized carbons (Fsp3) is 0.455. The van der Waals surface area contributed by atoms with Gasteiger partial charge in [-0.25, -0.2) is 0 Å². The number of rotatable bonds is 5. The van der Waals surface area contributed by atoms with Gasteiger partial charge in [-0.3, -0.25) is 19.5 Å². The van der Waals surface area contributed by atoms with E-state index in [0.29, 0.717) is 31.7 Å². The van der Waals surface area contributed by atoms with E-state index < -0.39 is 0 Å². The van der Waals surface area contributed by atoms with Crippen LogP contribution in [-0.4, -0.2) is 64.3 Å². The highest BCUT2D eigenvalue weighted by Crippen LogP contribution is 2.41. The number of hydrogen-bond donors (Lipinski definition) is 1. The smallest absolute Gasteiger partial charge is 0.271 e. The molecule has 0 radical (unpaired) electrons. The van der Waals surface area contributed by atoms with E-state index in [1.54, 1.807) is 12.0 Å². The Kier molecular flexibility index (Phi) is 5.32. The van der Waals surface area contributed by atoms with Gasteiger partial charge in [0.25, 0.3) is 5.91 Å². The van der Waals surface area contributed by atoms with Crippen molar-refractivity contribution < 1.29 is 19.1 Å². The van der Waals surface area contributed by atoms with Crippen molar-refractivity contribution in [2.45, 2.75) is 32.7 Å². The summed E-state index contributed by atoms with van der Waals surface area (Å²) in [4.78, 5) is 40.5. The number of ketones is 1. The predicted octanol–water partition coefficient (Wildman–Crippen LogP) is 2.28. The molecule has 2 aromatic rings. The topological polar surface area (TPSA) is 95.6 Å². The molecule has 30 heavy (non-hydrogen) atoms. The third-order valence-electron chi connectivity index (χ3n) is 6.22. The van der Waals surface area contributed by atoms with Crippen molar-refractivity contribution in [1.82, 2.24) is 20.0 Å². The number of piperidine rings is 1. The molecule has 2 aliphatic rings. The van der Waals surface area contributed by atoms with E-state index in [0.717, 1.165) is 30.7 Å². The van der Waals surface area contributed by atoms with Gasteiger partial charge in [0.05, 0.1) is 7.11 Å². The lowest BCUT2D eigenvalue weighted by molar-refractivity contribution is -0.128. The van der Waals surface area contributed by atoms with Crippen molar-refractivity contribution in [1.29, 1.82) is 0 Å². The summed E-state index contributed by atoms with van der Waals surface area (Å²) in [6.45, 7) is 3.92. The quantitative estimate of drug-likeness (QED) is 0.763. The van der Waals surface area contributed by atoms with Crippen LogP contribution >= 0.6 is 0 Å². The molecule has 4 rings (SSSR count). The van der Waals surface area contributed by atoms with E-state index in [1.807, 2.05) is 29.2 Å². The summed E-state index contributed by atoms with van der Waals surface area (Å²) in [5.74, 6) is 0.645. The maximum absolute atomic E-state index is 12.7. The van der Waals surface area contributed by atoms with Gasteiger partial charge in [-0.15, -0.1) is 0 Å². The minimum absolute atomic E-state index is 0.0706. The Morgan fingerprint density at radius 2 is 1.90 bits per heavy atom. The second-order valence-corrected chi connectivity index (χ2v) is 8.29. The molecule has 1 aromatic carbocycles. The van der Waals surface area contributed by atoms with Gasteiger partial charge in [-0.05, 0) is 36.6 Å². The van der Waals surface area contributed by atoms with Crippen molar-refractivity contribution in [3.63, 3.8) is 0 Å². The number of benzene rings is 1. The minimum atomic E-state index is -0.177. The highest BCUT2D eigenvalue weighted by molar-refractivity contribution is 5.97. The number of carbonyl (C=O) groups is 3. The van der Waals surface area contributed by atoms with Crippen LogP contribution in [0.5, 0.6) is 5.75 Å². The number of methoxy groups -OCH3 is 1. The van der Waals surface area contributed by atoms with Crippen LogP contribution in [0.4, 0.5) is 0 Å². The Balaban J connectivity index is 1.36. The van der Waals surface area contributed by atoms with Gasteiger partial charge in [0, 0.05) is 44.9 Å². The van der Waals surface area contributed by atoms with Crippen LogP contribution in [0.15, 0.2) is 30.3 Å². The zero-order chi connectivity index (χ0) is 21.3. The minimum Gasteiger partial charge on any atom is -0.497 e. The van der Waals surface area contributed by atoms with E-state index in [4.69, 9.17) is 4.74 Å². The highest BCUT2D eigenvalue weighted by atomic mass is 16.5. The van der Waals surface area contributed by atoms with E-state index in [1.165, 1.54) is 13.0 Å². The number of ether oxygens (including phenoxy) is 1. The van der Waals surface area contributed by atoms with Gasteiger partial charge >= 0.3 is 0 Å². The fourth-order valence-electron chi connectivity index (χ4n) is 4.38. The Morgan fingerprint density at radius 3 is 2.50 bits per heavy atom. The predicted molar refractivity (Wildman–Crippen MR) is 109 cm³/mol. The average Bonchev–Trinajstić information content (AvgIpc) is 3.34. The van der Waals surface area contributed by atoms with Gasteiger partial charge in [0.2, 0.25) is 5.91 Å². The standard InChI is InChI=1S/C22H26N4O4/c1-15(27)18-11-19(24-23-18)21(29)25-9-7-22(8-10-25)12-20(28)26(14-22)13-16-3-5-17(30-2)6-4-16/h3-6,11H,7-10,12-14H2,1-2H3,(H,23,24). The van der Waals surface area contributed by atoms with Crippen LogP contribution in [0.25, 0.3) is 0 Å². The molecule has 2 aliphatic heterocycles. The van der Waals surface area contributed by atoms with Crippen LogP contribution in [0.1, 0.15) is 52.7 Å². The van der Waals surface area contributed by atoms with Crippen molar-refractivity contribution >= 4 is 17.6 Å². The zero-order valence-corrected chi connectivity index (χ0v) is 17.3. The monoisotopic (exact) mass is 410 g/mol. The lowest BCUT2D eigenvalue weighted by atomic mass is 9.77. The number of nitrogens with zero attached hydrogens (tertiary/aromatic N) is 3. The third kappa shape index (κ3) is 3.94. The fourth-order valence-corrected chi connectivity index (χ4v) is 4.38. The van der Waals surface area contributed by atoms with Crippen molar-refractivity contribution in [2.75, 3.05) is 26.7 Å². The summed E-state index contributed by atoms with van der Waals surface area (Å²) in [5, 5.41) is 6.55. The molecule has 2 amide bonds. The number of hydrogen-bond acceptors (Lipinski definition) is 5. The molecular formula is C22H26N4O4. The molecule has 1 N–H and O–H groups in total. The van der Waals surface area contributed by atoms with Crippen LogP contribution in [0, 0.1) is 5.41 Å². The average molecular weight is 410 g/mol. The number of carbonyl (C=O) groups excluding carboxylic acids is 3. The number of Topliss-reactive ketones (excluding diaryl/α,β-unsaturated/α-hetero) is 1. The van der Waals surface area contributed by atoms with E-state index in [9.17, 15) is 14.4 Å². The first-order valence-electron chi connectivity index (χ1n) is 10.2. The Bertz CT molecular complexity index is 958. The number of amides is 2. The summed E-state index contributed by atoms with van der Waals surface area (Å²) in [7, 11) is 1.63. The number of aromatic amines is 1. The first-order valence-corrected chi connectivity index (χ1v) is 10.2. The second-order valence-electron chi connectivity index (χ2n) is 8.29. The summed E-state index contributed by atoms with van der Waals surface area (Å²) in [6.07, 6.45) is 2.11. The summed E-state index contributed by atoms with van der Waals surface area (Å²) in [6, 6.07) is 9.28. The largest absolute Gasteiger partial charge is 0.497 e. The van der Waals surface area contributed by atoms with E-state index in [-0.39, 0.29) is 28.7 Å². The first-order chi connectivity index (χ1) is 14.4. The Labute approximate surface area is 175 Å². The normalized spacial score (nSPS) is 18.1. The number of aromatic nitrogens is 2. The van der Waals surface area contributed by atoms with Crippen molar-refractivity contribution in [3.05, 3.63) is 47.3 Å². The molecule has 1 spiro atoms. The molecule has 1 aromatic heterocycles. The van der Waals surface area contributed by atoms with Crippen molar-refractivity contribution in [3.8, 4) is 5.75 Å². The summed E-state index contributed by atoms with van der Waals surface area (Å²) < 4.78 is 5.19. The number of likely N-dealkylation sites (tertiary alicyclic amines) is 2. The van der Waals surface area contributed by atoms with Gasteiger partial charge in [0.15, 0.2) is 5.78 Å². The van der Waals surface area contributed by atoms with Crippen LogP contribution in [0.3, 0.4) is 0 Å². The molecule has 0 atom stereocenters. The Hall–Kier alpha value is -3.16. The highest BCUT2D eigenvalue weighted by Gasteiger charge is 2.45. The molecule has 0 saturated carbocycles. The molecule has 0 unspecified atom stereocenters. The van der Waals surface area contributed by atoms with E-state index >= 15 is 0 Å². The lowest BCUT2D eigenvalue weighted by Crippen LogP contribution is -2.44. The maximum Gasteiger partial charge on any atom is 0.271 e. The van der Waals surface area contributed by atoms with Crippen LogP contribution in [-0.2, 0) is 11.3 Å². The molecule has 0 aliphatic carbocycles. The Morgan fingerprint density at radius 1 is 1.20 bits per heavy atom. The number of nitrogens with one attached hydrogen (secondary N) is 1. The van der Waals surface area contributed by atoms with Gasteiger partial charge in [-0.2, -0.15) is 5.10 Å². The molecule has 2 fully saturated rings. The molecule has 2 saturated heterocycles. The SMILES string of the molecule is COc1ccc(CN2CC3(CCN(C(=O)c4cc(C(C)=O)n[nH]4)CC3)CC2=O)cc1. The molecule has 0 bridgehead atoms. The van der Waals surface area contributed by atoms with E-state index in [2.05, 4.69) is 10.2 Å². The molecule has 8 nitrogen and oxygen atoms in total. The molecule has 158 valence electrons. The van der Waals surface area contributed by atoms with Crippen LogP contribution < -0.4 is 4.74 Å². The summed E-state index contributed by atoms with van der Waals surface area (Å²) in [5.41, 5.74) is 1.61. The number of H-pyrrole nitrogens is 1. The molecule has 3 heterocycles. The third-order valence-corrected chi connectivity index (χ3v) is 6.22. The van der Waals surface area contributed by atoms with Gasteiger partial charge in [0.1, 0.15) is 17.1 Å². The lowest BCUT2D eigenvalue weighted by Gasteiger charge is -2.38.